The third kappa shape index (κ3) is 3.24. The molecule has 0 aliphatic rings. The predicted octanol–water partition coefficient (Wildman–Crippen LogP) is 4.23. The van der Waals surface area contributed by atoms with Gasteiger partial charge in [-0.15, -0.1) is 0 Å². The number of hydrogen-bond donors (Lipinski definition) is 1. The van der Waals surface area contributed by atoms with E-state index < -0.39 is 11.8 Å². The van der Waals surface area contributed by atoms with Gasteiger partial charge in [0.15, 0.2) is 5.82 Å². The number of aromatic carboxylic acids is 1. The minimum Gasteiger partial charge on any atom is -0.478 e. The molecule has 0 spiro atoms. The molecule has 0 saturated heterocycles. The molecular formula is C16H15BrFNO2. The van der Waals surface area contributed by atoms with Crippen molar-refractivity contribution in [2.24, 2.45) is 0 Å². The third-order valence-corrected chi connectivity index (χ3v) is 4.15. The van der Waals surface area contributed by atoms with Crippen LogP contribution in [0.25, 0.3) is 0 Å². The highest BCUT2D eigenvalue weighted by molar-refractivity contribution is 9.10. The summed E-state index contributed by atoms with van der Waals surface area (Å²) in [6.07, 6.45) is 0. The summed E-state index contributed by atoms with van der Waals surface area (Å²) in [6.45, 7) is 2.55. The zero-order valence-electron chi connectivity index (χ0n) is 11.7. The SMILES string of the molecule is Cc1ccccc1CN(C)c1ccc(C(=O)O)c(Br)c1F. The Labute approximate surface area is 131 Å². The molecule has 21 heavy (non-hydrogen) atoms. The molecule has 0 bridgehead atoms. The quantitative estimate of drug-likeness (QED) is 0.895. The first-order chi connectivity index (χ1) is 9.91. The summed E-state index contributed by atoms with van der Waals surface area (Å²) in [7, 11) is 1.78. The number of aryl methyl sites for hydroxylation is 1. The van der Waals surface area contributed by atoms with Crippen molar-refractivity contribution in [2.45, 2.75) is 13.5 Å². The second kappa shape index (κ2) is 6.26. The number of carbonyl (C=O) groups is 1. The van der Waals surface area contributed by atoms with Crippen molar-refractivity contribution in [2.75, 3.05) is 11.9 Å². The van der Waals surface area contributed by atoms with Gasteiger partial charge in [-0.05, 0) is 46.1 Å². The molecule has 2 aromatic rings. The van der Waals surface area contributed by atoms with Crippen molar-refractivity contribution in [1.29, 1.82) is 0 Å². The number of hydrogen-bond acceptors (Lipinski definition) is 2. The van der Waals surface area contributed by atoms with E-state index in [1.54, 1.807) is 11.9 Å². The van der Waals surface area contributed by atoms with Crippen molar-refractivity contribution < 1.29 is 14.3 Å². The molecule has 110 valence electrons. The minimum absolute atomic E-state index is 0.0240. The van der Waals surface area contributed by atoms with E-state index in [9.17, 15) is 9.18 Å². The summed E-state index contributed by atoms with van der Waals surface area (Å²) in [6, 6.07) is 10.8. The maximum absolute atomic E-state index is 14.3. The van der Waals surface area contributed by atoms with E-state index in [1.807, 2.05) is 31.2 Å². The number of halogens is 2. The first-order valence-corrected chi connectivity index (χ1v) is 7.18. The molecule has 0 aromatic heterocycles. The molecule has 0 atom stereocenters. The lowest BCUT2D eigenvalue weighted by Crippen LogP contribution is -2.19. The van der Waals surface area contributed by atoms with Gasteiger partial charge in [0.05, 0.1) is 15.7 Å². The van der Waals surface area contributed by atoms with Gasteiger partial charge in [0, 0.05) is 13.6 Å². The number of carboxylic acid groups (broad SMARTS) is 1. The zero-order chi connectivity index (χ0) is 15.6. The summed E-state index contributed by atoms with van der Waals surface area (Å²) in [5.41, 5.74) is 2.50. The van der Waals surface area contributed by atoms with Gasteiger partial charge in [-0.25, -0.2) is 9.18 Å². The highest BCUT2D eigenvalue weighted by atomic mass is 79.9. The summed E-state index contributed by atoms with van der Waals surface area (Å²) in [5.74, 6) is -1.72. The van der Waals surface area contributed by atoms with Crippen molar-refractivity contribution in [3.8, 4) is 0 Å². The maximum Gasteiger partial charge on any atom is 0.336 e. The molecule has 5 heteroatoms. The van der Waals surface area contributed by atoms with Gasteiger partial charge in [-0.1, -0.05) is 24.3 Å². The molecule has 2 aromatic carbocycles. The molecule has 0 heterocycles. The Morgan fingerprint density at radius 1 is 1.29 bits per heavy atom. The average molecular weight is 352 g/mol. The molecule has 0 fully saturated rings. The van der Waals surface area contributed by atoms with Gasteiger partial charge in [0.2, 0.25) is 0 Å². The molecule has 1 N–H and O–H groups in total. The van der Waals surface area contributed by atoms with Gasteiger partial charge < -0.3 is 10.0 Å². The van der Waals surface area contributed by atoms with Gasteiger partial charge in [-0.2, -0.15) is 0 Å². The first-order valence-electron chi connectivity index (χ1n) is 6.38. The Balaban J connectivity index is 2.32. The van der Waals surface area contributed by atoms with Crippen LogP contribution in [0, 0.1) is 12.7 Å². The van der Waals surface area contributed by atoms with Gasteiger partial charge in [0.1, 0.15) is 0 Å². The van der Waals surface area contributed by atoms with Crippen molar-refractivity contribution in [3.63, 3.8) is 0 Å². The highest BCUT2D eigenvalue weighted by Crippen LogP contribution is 2.30. The van der Waals surface area contributed by atoms with E-state index in [-0.39, 0.29) is 10.0 Å². The standard InChI is InChI=1S/C16H15BrFNO2/c1-10-5-3-4-6-11(10)9-19(2)13-8-7-12(16(20)21)14(17)15(13)18/h3-8H,9H2,1-2H3,(H,20,21). The summed E-state index contributed by atoms with van der Waals surface area (Å²) in [5, 5.41) is 8.98. The van der Waals surface area contributed by atoms with Crippen LogP contribution in [0.15, 0.2) is 40.9 Å². The van der Waals surface area contributed by atoms with Crippen LogP contribution in [0.2, 0.25) is 0 Å². The molecule has 0 aliphatic carbocycles. The lowest BCUT2D eigenvalue weighted by atomic mass is 10.1. The normalized spacial score (nSPS) is 10.5. The highest BCUT2D eigenvalue weighted by Gasteiger charge is 2.18. The molecule has 0 amide bonds. The van der Waals surface area contributed by atoms with E-state index in [1.165, 1.54) is 12.1 Å². The fourth-order valence-electron chi connectivity index (χ4n) is 2.13. The molecule has 0 saturated carbocycles. The Morgan fingerprint density at radius 2 is 1.95 bits per heavy atom. The van der Waals surface area contributed by atoms with Crippen LogP contribution in [0.4, 0.5) is 10.1 Å². The lowest BCUT2D eigenvalue weighted by Gasteiger charge is -2.22. The van der Waals surface area contributed by atoms with E-state index in [4.69, 9.17) is 5.11 Å². The van der Waals surface area contributed by atoms with Crippen LogP contribution < -0.4 is 4.90 Å². The second-order valence-corrected chi connectivity index (χ2v) is 5.64. The molecule has 0 aliphatic heterocycles. The van der Waals surface area contributed by atoms with Gasteiger partial charge in [-0.3, -0.25) is 0 Å². The summed E-state index contributed by atoms with van der Waals surface area (Å²) < 4.78 is 14.3. The van der Waals surface area contributed by atoms with Crippen LogP contribution in [0.1, 0.15) is 21.5 Å². The fourth-order valence-corrected chi connectivity index (χ4v) is 2.63. The zero-order valence-corrected chi connectivity index (χ0v) is 13.3. The third-order valence-electron chi connectivity index (χ3n) is 3.37. The Morgan fingerprint density at radius 3 is 2.57 bits per heavy atom. The van der Waals surface area contributed by atoms with Crippen LogP contribution in [0.5, 0.6) is 0 Å². The van der Waals surface area contributed by atoms with Crippen LogP contribution in [0.3, 0.4) is 0 Å². The van der Waals surface area contributed by atoms with Gasteiger partial charge in [0.25, 0.3) is 0 Å². The monoisotopic (exact) mass is 351 g/mol. The van der Waals surface area contributed by atoms with E-state index >= 15 is 0 Å². The molecule has 3 nitrogen and oxygen atoms in total. The number of rotatable bonds is 4. The fraction of sp³-hybridized carbons (Fsp3) is 0.188. The van der Waals surface area contributed by atoms with E-state index in [2.05, 4.69) is 15.9 Å². The minimum atomic E-state index is -1.16. The number of benzene rings is 2. The van der Waals surface area contributed by atoms with Gasteiger partial charge >= 0.3 is 5.97 Å². The smallest absolute Gasteiger partial charge is 0.336 e. The Kier molecular flexibility index (Phi) is 4.63. The second-order valence-electron chi connectivity index (χ2n) is 4.85. The van der Waals surface area contributed by atoms with Crippen molar-refractivity contribution in [1.82, 2.24) is 0 Å². The van der Waals surface area contributed by atoms with Crippen LogP contribution in [-0.4, -0.2) is 18.1 Å². The molecule has 0 radical (unpaired) electrons. The van der Waals surface area contributed by atoms with Crippen LogP contribution in [-0.2, 0) is 6.54 Å². The maximum atomic E-state index is 14.3. The summed E-state index contributed by atoms with van der Waals surface area (Å²) in [4.78, 5) is 12.7. The summed E-state index contributed by atoms with van der Waals surface area (Å²) >= 11 is 3.02. The topological polar surface area (TPSA) is 40.5 Å². The van der Waals surface area contributed by atoms with Crippen molar-refractivity contribution in [3.05, 3.63) is 63.4 Å². The van der Waals surface area contributed by atoms with E-state index in [0.29, 0.717) is 12.2 Å². The molecular weight excluding hydrogens is 337 g/mol. The largest absolute Gasteiger partial charge is 0.478 e. The Bertz CT molecular complexity index is 688. The first kappa shape index (κ1) is 15.5. The number of nitrogens with zero attached hydrogens (tertiary/aromatic N) is 1. The van der Waals surface area contributed by atoms with E-state index in [0.717, 1.165) is 11.1 Å². The van der Waals surface area contributed by atoms with Crippen molar-refractivity contribution >= 4 is 27.6 Å². The molecule has 0 unspecified atom stereocenters. The van der Waals surface area contributed by atoms with Crippen LogP contribution >= 0.6 is 15.9 Å². The number of carboxylic acids is 1. The lowest BCUT2D eigenvalue weighted by molar-refractivity contribution is 0.0695. The predicted molar refractivity (Wildman–Crippen MR) is 84.3 cm³/mol. The average Bonchev–Trinajstić information content (AvgIpc) is 2.43. The number of anilines is 1. The molecule has 2 rings (SSSR count). The Hall–Kier alpha value is -1.88.